The van der Waals surface area contributed by atoms with Crippen LogP contribution in [0.2, 0.25) is 0 Å². The maximum atomic E-state index is 12.5. The molecule has 28 heavy (non-hydrogen) atoms. The molecule has 1 fully saturated rings. The number of piperidine rings is 1. The van der Waals surface area contributed by atoms with Crippen LogP contribution in [0.4, 0.5) is 0 Å². The van der Waals surface area contributed by atoms with Crippen LogP contribution >= 0.6 is 0 Å². The predicted molar refractivity (Wildman–Crippen MR) is 110 cm³/mol. The summed E-state index contributed by atoms with van der Waals surface area (Å²) in [4.78, 5) is 26.6. The summed E-state index contributed by atoms with van der Waals surface area (Å²) in [6, 6.07) is 17.2. The molecule has 1 aliphatic heterocycles. The quantitative estimate of drug-likeness (QED) is 0.833. The molecule has 148 valence electrons. The van der Waals surface area contributed by atoms with E-state index in [9.17, 15) is 9.59 Å². The fourth-order valence-corrected chi connectivity index (χ4v) is 3.31. The molecule has 0 bridgehead atoms. The number of para-hydroxylation sites is 1. The number of rotatable bonds is 6. The van der Waals surface area contributed by atoms with Gasteiger partial charge in [-0.25, -0.2) is 0 Å². The van der Waals surface area contributed by atoms with Gasteiger partial charge in [-0.3, -0.25) is 9.59 Å². The number of likely N-dealkylation sites (tertiary alicyclic amines) is 1. The van der Waals surface area contributed by atoms with E-state index in [0.717, 1.165) is 12.8 Å². The Labute approximate surface area is 166 Å². The van der Waals surface area contributed by atoms with E-state index in [1.807, 2.05) is 59.5 Å². The molecule has 2 amide bonds. The SMILES string of the molecule is CC(C)c1ccc(C(=O)NC2CCN(C(=O)COc3ccccc3)CC2)cc1. The van der Waals surface area contributed by atoms with Gasteiger partial charge in [-0.2, -0.15) is 0 Å². The highest BCUT2D eigenvalue weighted by atomic mass is 16.5. The summed E-state index contributed by atoms with van der Waals surface area (Å²) in [5, 5.41) is 3.09. The molecular weight excluding hydrogens is 352 g/mol. The van der Waals surface area contributed by atoms with Crippen molar-refractivity contribution in [3.05, 3.63) is 65.7 Å². The Balaban J connectivity index is 1.43. The fraction of sp³-hybridized carbons (Fsp3) is 0.391. The van der Waals surface area contributed by atoms with Crippen LogP contribution in [0, 0.1) is 0 Å². The molecule has 1 aliphatic rings. The lowest BCUT2D eigenvalue weighted by molar-refractivity contribution is -0.134. The number of amides is 2. The van der Waals surface area contributed by atoms with Crippen molar-refractivity contribution in [2.75, 3.05) is 19.7 Å². The van der Waals surface area contributed by atoms with Crippen LogP contribution in [0.5, 0.6) is 5.75 Å². The van der Waals surface area contributed by atoms with E-state index in [1.54, 1.807) is 0 Å². The molecule has 1 N–H and O–H groups in total. The second-order valence-electron chi connectivity index (χ2n) is 7.51. The first-order chi connectivity index (χ1) is 13.5. The second kappa shape index (κ2) is 9.40. The number of hydrogen-bond acceptors (Lipinski definition) is 3. The predicted octanol–water partition coefficient (Wildman–Crippen LogP) is 3.61. The summed E-state index contributed by atoms with van der Waals surface area (Å²) in [7, 11) is 0. The molecule has 0 spiro atoms. The first-order valence-corrected chi connectivity index (χ1v) is 9.89. The third kappa shape index (κ3) is 5.35. The van der Waals surface area contributed by atoms with E-state index >= 15 is 0 Å². The Hall–Kier alpha value is -2.82. The van der Waals surface area contributed by atoms with Gasteiger partial charge in [0.25, 0.3) is 11.8 Å². The largest absolute Gasteiger partial charge is 0.484 e. The molecule has 0 saturated carbocycles. The van der Waals surface area contributed by atoms with E-state index < -0.39 is 0 Å². The van der Waals surface area contributed by atoms with Gasteiger partial charge in [0.05, 0.1) is 0 Å². The van der Waals surface area contributed by atoms with Crippen molar-refractivity contribution in [2.45, 2.75) is 38.6 Å². The van der Waals surface area contributed by atoms with Crippen LogP contribution in [0.3, 0.4) is 0 Å². The van der Waals surface area contributed by atoms with Gasteiger partial charge in [0.2, 0.25) is 0 Å². The highest BCUT2D eigenvalue weighted by Gasteiger charge is 2.24. The van der Waals surface area contributed by atoms with Gasteiger partial charge in [-0.15, -0.1) is 0 Å². The van der Waals surface area contributed by atoms with E-state index in [4.69, 9.17) is 4.74 Å². The Morgan fingerprint density at radius 2 is 1.68 bits per heavy atom. The maximum Gasteiger partial charge on any atom is 0.260 e. The number of benzene rings is 2. The number of nitrogens with zero attached hydrogens (tertiary/aromatic N) is 1. The Morgan fingerprint density at radius 3 is 2.29 bits per heavy atom. The highest BCUT2D eigenvalue weighted by Crippen LogP contribution is 2.16. The standard InChI is InChI=1S/C23H28N2O3/c1-17(2)18-8-10-19(11-9-18)23(27)24-20-12-14-25(15-13-20)22(26)16-28-21-6-4-3-5-7-21/h3-11,17,20H,12-16H2,1-2H3,(H,24,27). The average Bonchev–Trinajstić information content (AvgIpc) is 2.73. The van der Waals surface area contributed by atoms with Gasteiger partial charge < -0.3 is 15.0 Å². The number of nitrogens with one attached hydrogen (secondary N) is 1. The zero-order chi connectivity index (χ0) is 19.9. The molecule has 1 saturated heterocycles. The zero-order valence-corrected chi connectivity index (χ0v) is 16.6. The summed E-state index contributed by atoms with van der Waals surface area (Å²) in [6.45, 7) is 5.58. The molecule has 0 unspecified atom stereocenters. The number of carbonyl (C=O) groups is 2. The summed E-state index contributed by atoms with van der Waals surface area (Å²) in [6.07, 6.45) is 1.51. The maximum absolute atomic E-state index is 12.5. The molecule has 0 aromatic heterocycles. The van der Waals surface area contributed by atoms with Crippen LogP contribution in [-0.4, -0.2) is 42.5 Å². The van der Waals surface area contributed by atoms with Crippen molar-refractivity contribution in [1.29, 1.82) is 0 Å². The summed E-state index contributed by atoms with van der Waals surface area (Å²) in [5.74, 6) is 1.08. The van der Waals surface area contributed by atoms with Gasteiger partial charge in [0.15, 0.2) is 6.61 Å². The van der Waals surface area contributed by atoms with Crippen LogP contribution in [0.1, 0.15) is 48.5 Å². The van der Waals surface area contributed by atoms with Gasteiger partial charge >= 0.3 is 0 Å². The third-order valence-corrected chi connectivity index (χ3v) is 5.13. The topological polar surface area (TPSA) is 58.6 Å². The van der Waals surface area contributed by atoms with Crippen molar-refractivity contribution in [2.24, 2.45) is 0 Å². The first-order valence-electron chi connectivity index (χ1n) is 9.89. The number of hydrogen-bond donors (Lipinski definition) is 1. The normalized spacial score (nSPS) is 14.8. The van der Waals surface area contributed by atoms with E-state index in [1.165, 1.54) is 5.56 Å². The van der Waals surface area contributed by atoms with Gasteiger partial charge in [-0.1, -0.05) is 44.2 Å². The molecule has 0 aliphatic carbocycles. The summed E-state index contributed by atoms with van der Waals surface area (Å²) < 4.78 is 5.54. The van der Waals surface area contributed by atoms with Crippen molar-refractivity contribution >= 4 is 11.8 Å². The van der Waals surface area contributed by atoms with Crippen molar-refractivity contribution in [3.63, 3.8) is 0 Å². The van der Waals surface area contributed by atoms with Crippen LogP contribution < -0.4 is 10.1 Å². The van der Waals surface area contributed by atoms with Gasteiger partial charge in [0, 0.05) is 24.7 Å². The van der Waals surface area contributed by atoms with Crippen molar-refractivity contribution < 1.29 is 14.3 Å². The molecular formula is C23H28N2O3. The summed E-state index contributed by atoms with van der Waals surface area (Å²) in [5.41, 5.74) is 1.90. The highest BCUT2D eigenvalue weighted by molar-refractivity contribution is 5.94. The van der Waals surface area contributed by atoms with Gasteiger partial charge in [0.1, 0.15) is 5.75 Å². The molecule has 0 atom stereocenters. The molecule has 2 aromatic carbocycles. The average molecular weight is 380 g/mol. The van der Waals surface area contributed by atoms with Crippen molar-refractivity contribution in [1.82, 2.24) is 10.2 Å². The molecule has 1 heterocycles. The molecule has 2 aromatic rings. The number of ether oxygens (including phenoxy) is 1. The van der Waals surface area contributed by atoms with Crippen LogP contribution in [0.15, 0.2) is 54.6 Å². The minimum absolute atomic E-state index is 0.0158. The van der Waals surface area contributed by atoms with Crippen LogP contribution in [0.25, 0.3) is 0 Å². The Kier molecular flexibility index (Phi) is 6.69. The Bertz CT molecular complexity index is 779. The van der Waals surface area contributed by atoms with Gasteiger partial charge in [-0.05, 0) is 48.6 Å². The molecule has 3 rings (SSSR count). The lowest BCUT2D eigenvalue weighted by Crippen LogP contribution is -2.47. The second-order valence-corrected chi connectivity index (χ2v) is 7.51. The minimum atomic E-state index is -0.0486. The minimum Gasteiger partial charge on any atom is -0.484 e. The van der Waals surface area contributed by atoms with E-state index in [2.05, 4.69) is 19.2 Å². The zero-order valence-electron chi connectivity index (χ0n) is 16.6. The lowest BCUT2D eigenvalue weighted by Gasteiger charge is -2.32. The van der Waals surface area contributed by atoms with E-state index in [-0.39, 0.29) is 24.5 Å². The number of carbonyl (C=O) groups excluding carboxylic acids is 2. The van der Waals surface area contributed by atoms with Crippen LogP contribution in [-0.2, 0) is 4.79 Å². The third-order valence-electron chi connectivity index (χ3n) is 5.13. The fourth-order valence-electron chi connectivity index (χ4n) is 3.31. The summed E-state index contributed by atoms with van der Waals surface area (Å²) >= 11 is 0. The van der Waals surface area contributed by atoms with E-state index in [0.29, 0.717) is 30.3 Å². The molecule has 0 radical (unpaired) electrons. The smallest absolute Gasteiger partial charge is 0.260 e. The Morgan fingerprint density at radius 1 is 1.04 bits per heavy atom. The first kappa shape index (κ1) is 19.9. The lowest BCUT2D eigenvalue weighted by atomic mass is 10.0. The molecule has 5 heteroatoms. The monoisotopic (exact) mass is 380 g/mol. The molecule has 5 nitrogen and oxygen atoms in total. The van der Waals surface area contributed by atoms with Crippen molar-refractivity contribution in [3.8, 4) is 5.75 Å².